The molecule has 0 fully saturated rings. The number of amides is 1. The zero-order chi connectivity index (χ0) is 26.9. The predicted octanol–water partition coefficient (Wildman–Crippen LogP) is 1.73. The highest BCUT2D eigenvalue weighted by atomic mass is 32.1. The van der Waals surface area contributed by atoms with Gasteiger partial charge in [-0.3, -0.25) is 14.2 Å². The molecule has 1 amide bonds. The highest BCUT2D eigenvalue weighted by molar-refractivity contribution is 7.07. The molecule has 1 unspecified atom stereocenters. The first-order valence-electron chi connectivity index (χ1n) is 11.2. The molecular weight excluding hydrogens is 492 g/mol. The van der Waals surface area contributed by atoms with E-state index in [0.717, 1.165) is 33.1 Å². The minimum absolute atomic E-state index is 0.0184. The zero-order valence-electron chi connectivity index (χ0n) is 20.6. The van der Waals surface area contributed by atoms with Gasteiger partial charge in [-0.25, -0.2) is 4.79 Å². The monoisotopic (exact) mass is 516 g/mol. The highest BCUT2D eigenvalue weighted by Gasteiger charge is 2.36. The van der Waals surface area contributed by atoms with Crippen LogP contribution in [0.3, 0.4) is 0 Å². The average Bonchev–Trinajstić information content (AvgIpc) is 3.21. The fraction of sp³-hybridized carbons (Fsp3) is 0.185. The number of hydrogen-bond donors (Lipinski definition) is 2. The van der Waals surface area contributed by atoms with E-state index in [9.17, 15) is 19.6 Å². The summed E-state index contributed by atoms with van der Waals surface area (Å²) < 4.78 is 11.4. The summed E-state index contributed by atoms with van der Waals surface area (Å²) in [5, 5.41) is 13.0. The van der Waals surface area contributed by atoms with E-state index in [2.05, 4.69) is 16.1 Å². The van der Waals surface area contributed by atoms with Gasteiger partial charge < -0.3 is 20.5 Å². The summed E-state index contributed by atoms with van der Waals surface area (Å²) in [4.78, 5) is 39.0. The van der Waals surface area contributed by atoms with E-state index in [1.165, 1.54) is 14.2 Å². The molecule has 1 aliphatic heterocycles. The van der Waals surface area contributed by atoms with Gasteiger partial charge in [0.05, 0.1) is 37.4 Å². The molecule has 2 aromatic carbocycles. The Labute approximate surface area is 216 Å². The summed E-state index contributed by atoms with van der Waals surface area (Å²) in [5.41, 5.74) is 9.07. The van der Waals surface area contributed by atoms with Crippen LogP contribution < -0.4 is 30.5 Å². The summed E-state index contributed by atoms with van der Waals surface area (Å²) >= 11 is 0.924. The number of nitrogens with one attached hydrogen (secondary N) is 1. The molecule has 37 heavy (non-hydrogen) atoms. The van der Waals surface area contributed by atoms with Crippen LogP contribution in [0, 0.1) is 25.2 Å². The Morgan fingerprint density at radius 2 is 1.92 bits per heavy atom. The van der Waals surface area contributed by atoms with Gasteiger partial charge in [0, 0.05) is 11.8 Å². The SMILES string of the molecule is COC(=O)C=c1sc2n(c1=O)C(N)=C(C#N)C(c1cccc(OC)c1)C=2C(=O)Nc1ccc(C)c(C)c1. The van der Waals surface area contributed by atoms with Gasteiger partial charge in [0.25, 0.3) is 11.5 Å². The fourth-order valence-electron chi connectivity index (χ4n) is 4.11. The van der Waals surface area contributed by atoms with E-state index in [1.54, 1.807) is 30.3 Å². The van der Waals surface area contributed by atoms with Crippen LogP contribution >= 0.6 is 11.3 Å². The van der Waals surface area contributed by atoms with Gasteiger partial charge in [-0.2, -0.15) is 5.26 Å². The number of anilines is 1. The number of rotatable bonds is 5. The number of aromatic nitrogens is 1. The minimum Gasteiger partial charge on any atom is -0.497 e. The van der Waals surface area contributed by atoms with Crippen molar-refractivity contribution < 1.29 is 19.1 Å². The smallest absolute Gasteiger partial charge is 0.332 e. The van der Waals surface area contributed by atoms with Crippen molar-refractivity contribution in [3.8, 4) is 11.8 Å². The molecule has 3 aromatic rings. The Kier molecular flexibility index (Phi) is 7.00. The number of allylic oxidation sites excluding steroid dienone is 1. The number of nitrogens with zero attached hydrogens (tertiary/aromatic N) is 2. The van der Waals surface area contributed by atoms with Crippen molar-refractivity contribution in [2.45, 2.75) is 19.8 Å². The maximum Gasteiger partial charge on any atom is 0.332 e. The van der Waals surface area contributed by atoms with E-state index in [4.69, 9.17) is 10.5 Å². The molecule has 0 aliphatic carbocycles. The number of nitrogens with two attached hydrogens (primary N) is 1. The van der Waals surface area contributed by atoms with Gasteiger partial charge >= 0.3 is 5.97 Å². The minimum atomic E-state index is -0.893. The number of thiazole rings is 1. The first kappa shape index (κ1) is 25.5. The Bertz CT molecular complexity index is 1690. The van der Waals surface area contributed by atoms with Gasteiger partial charge in [0.1, 0.15) is 20.8 Å². The summed E-state index contributed by atoms with van der Waals surface area (Å²) in [7, 11) is 2.71. The number of fused-ring (bicyclic) bond motifs is 1. The van der Waals surface area contributed by atoms with Gasteiger partial charge in [0.15, 0.2) is 0 Å². The van der Waals surface area contributed by atoms with Crippen LogP contribution in [-0.4, -0.2) is 30.7 Å². The Balaban J connectivity index is 2.05. The topological polar surface area (TPSA) is 136 Å². The second-order valence-corrected chi connectivity index (χ2v) is 9.40. The molecule has 0 spiro atoms. The molecule has 1 aliphatic rings. The van der Waals surface area contributed by atoms with E-state index >= 15 is 0 Å². The molecule has 0 radical (unpaired) electrons. The number of aryl methyl sites for hydroxylation is 2. The van der Waals surface area contributed by atoms with Crippen molar-refractivity contribution in [1.29, 1.82) is 5.26 Å². The standard InChI is InChI=1S/C27H24N4O5S/c1-14-8-9-17(10-15(14)2)30-25(33)23-22(16-6-5-7-18(11-16)35-3)19(13-28)24(29)31-26(34)20(37-27(23)31)12-21(32)36-4/h5-12,22H,29H2,1-4H3,(H,30,33). The van der Waals surface area contributed by atoms with Crippen molar-refractivity contribution in [2.24, 2.45) is 5.73 Å². The van der Waals surface area contributed by atoms with Crippen LogP contribution in [0.4, 0.5) is 5.69 Å². The van der Waals surface area contributed by atoms with Crippen LogP contribution in [-0.2, 0) is 14.3 Å². The molecule has 1 aromatic heterocycles. The number of nitriles is 1. The highest BCUT2D eigenvalue weighted by Crippen LogP contribution is 2.37. The second kappa shape index (κ2) is 10.2. The summed E-state index contributed by atoms with van der Waals surface area (Å²) in [6.45, 7) is 3.90. The molecule has 1 atom stereocenters. The van der Waals surface area contributed by atoms with E-state index in [0.29, 0.717) is 17.0 Å². The summed E-state index contributed by atoms with van der Waals surface area (Å²) in [6, 6.07) is 14.5. The molecule has 3 N–H and O–H groups in total. The quantitative estimate of drug-likeness (QED) is 0.493. The fourth-order valence-corrected chi connectivity index (χ4v) is 5.24. The normalized spacial score (nSPS) is 15.2. The summed E-state index contributed by atoms with van der Waals surface area (Å²) in [5.74, 6) is -1.73. The third kappa shape index (κ3) is 4.64. The van der Waals surface area contributed by atoms with Crippen molar-refractivity contribution in [2.75, 3.05) is 19.5 Å². The lowest BCUT2D eigenvalue weighted by Gasteiger charge is -2.25. The van der Waals surface area contributed by atoms with Crippen molar-refractivity contribution in [3.63, 3.8) is 0 Å². The Morgan fingerprint density at radius 3 is 2.57 bits per heavy atom. The Morgan fingerprint density at radius 1 is 1.16 bits per heavy atom. The van der Waals surface area contributed by atoms with Gasteiger partial charge in [-0.15, -0.1) is 11.3 Å². The van der Waals surface area contributed by atoms with Crippen LogP contribution in [0.15, 0.2) is 52.8 Å². The molecule has 4 rings (SSSR count). The van der Waals surface area contributed by atoms with Gasteiger partial charge in [-0.1, -0.05) is 18.2 Å². The molecule has 0 saturated heterocycles. The number of hydrogen-bond acceptors (Lipinski definition) is 8. The van der Waals surface area contributed by atoms with Gasteiger partial charge in [-0.05, 0) is 54.8 Å². The number of methoxy groups -OCH3 is 2. The Hall–Kier alpha value is -4.62. The van der Waals surface area contributed by atoms with Crippen molar-refractivity contribution >= 4 is 46.4 Å². The van der Waals surface area contributed by atoms with Crippen LogP contribution in [0.25, 0.3) is 17.5 Å². The average molecular weight is 517 g/mol. The second-order valence-electron chi connectivity index (χ2n) is 8.37. The third-order valence-electron chi connectivity index (χ3n) is 6.16. The molecule has 188 valence electrons. The molecule has 10 heteroatoms. The molecular formula is C27H24N4O5S. The molecule has 0 bridgehead atoms. The first-order valence-corrected chi connectivity index (χ1v) is 12.0. The number of carbonyl (C=O) groups excluding carboxylic acids is 2. The van der Waals surface area contributed by atoms with E-state index in [-0.39, 0.29) is 26.2 Å². The third-order valence-corrected chi connectivity index (χ3v) is 7.26. The molecule has 9 nitrogen and oxygen atoms in total. The van der Waals surface area contributed by atoms with Gasteiger partial charge in [0.2, 0.25) is 0 Å². The van der Waals surface area contributed by atoms with E-state index in [1.807, 2.05) is 26.0 Å². The maximum absolute atomic E-state index is 13.9. The number of benzene rings is 2. The molecule has 2 heterocycles. The van der Waals surface area contributed by atoms with Crippen molar-refractivity contribution in [3.05, 3.63) is 84.3 Å². The molecule has 0 saturated carbocycles. The summed E-state index contributed by atoms with van der Waals surface area (Å²) in [6.07, 6.45) is 1.04. The first-order chi connectivity index (χ1) is 17.7. The predicted molar refractivity (Wildman–Crippen MR) is 141 cm³/mol. The van der Waals surface area contributed by atoms with Crippen LogP contribution in [0.2, 0.25) is 0 Å². The lowest BCUT2D eigenvalue weighted by Crippen LogP contribution is -2.40. The lowest BCUT2D eigenvalue weighted by molar-refractivity contribution is -0.133. The van der Waals surface area contributed by atoms with Crippen LogP contribution in [0.5, 0.6) is 5.75 Å². The maximum atomic E-state index is 13.9. The van der Waals surface area contributed by atoms with E-state index < -0.39 is 23.4 Å². The number of esters is 1. The number of ether oxygens (including phenoxy) is 2. The largest absolute Gasteiger partial charge is 0.497 e. The lowest BCUT2D eigenvalue weighted by atomic mass is 9.83. The number of carbonyl (C=O) groups is 2. The van der Waals surface area contributed by atoms with Crippen LogP contribution in [0.1, 0.15) is 22.6 Å². The zero-order valence-corrected chi connectivity index (χ0v) is 21.4. The van der Waals surface area contributed by atoms with Crippen molar-refractivity contribution in [1.82, 2.24) is 4.57 Å².